The summed E-state index contributed by atoms with van der Waals surface area (Å²) in [6, 6.07) is 0. The molecule has 0 radical (unpaired) electrons. The molecule has 18 heavy (non-hydrogen) atoms. The van der Waals surface area contributed by atoms with Gasteiger partial charge in [-0.25, -0.2) is 9.67 Å². The van der Waals surface area contributed by atoms with Crippen LogP contribution in [0.3, 0.4) is 0 Å². The summed E-state index contributed by atoms with van der Waals surface area (Å²) < 4.78 is 1.70. The molecule has 6 heteroatoms. The molecule has 1 aromatic heterocycles. The highest BCUT2D eigenvalue weighted by molar-refractivity contribution is 5.70. The summed E-state index contributed by atoms with van der Waals surface area (Å²) in [6.45, 7) is 4.06. The first kappa shape index (κ1) is 13.0. The number of carboxylic acid groups (broad SMARTS) is 1. The lowest BCUT2D eigenvalue weighted by molar-refractivity contribution is -0.145. The maximum absolute atomic E-state index is 10.9. The third-order valence-corrected chi connectivity index (χ3v) is 3.67. The molecule has 2 rings (SSSR count). The molecular formula is C12H19N3O3. The molecule has 0 amide bonds. The Balaban J connectivity index is 2.02. The van der Waals surface area contributed by atoms with Crippen LogP contribution in [0.5, 0.6) is 0 Å². The zero-order chi connectivity index (χ0) is 13.3. The Morgan fingerprint density at radius 3 is 2.50 bits per heavy atom. The number of aromatic nitrogens is 3. The molecule has 0 unspecified atom stereocenters. The van der Waals surface area contributed by atoms with Gasteiger partial charge in [0.25, 0.3) is 0 Å². The van der Waals surface area contributed by atoms with Crippen molar-refractivity contribution in [2.24, 2.45) is 5.92 Å². The van der Waals surface area contributed by atoms with Crippen molar-refractivity contribution < 1.29 is 15.0 Å². The second kappa shape index (κ2) is 4.68. The van der Waals surface area contributed by atoms with E-state index in [-0.39, 0.29) is 5.92 Å². The van der Waals surface area contributed by atoms with E-state index in [0.717, 1.165) is 5.82 Å². The smallest absolute Gasteiger partial charge is 0.306 e. The van der Waals surface area contributed by atoms with Crippen LogP contribution in [-0.4, -0.2) is 36.5 Å². The highest BCUT2D eigenvalue weighted by Crippen LogP contribution is 2.33. The van der Waals surface area contributed by atoms with Gasteiger partial charge in [0.05, 0.1) is 18.1 Å². The molecule has 0 bridgehead atoms. The maximum atomic E-state index is 10.9. The van der Waals surface area contributed by atoms with E-state index >= 15 is 0 Å². The van der Waals surface area contributed by atoms with Crippen LogP contribution in [0.15, 0.2) is 0 Å². The van der Waals surface area contributed by atoms with Gasteiger partial charge < -0.3 is 10.2 Å². The molecule has 0 aromatic carbocycles. The quantitative estimate of drug-likeness (QED) is 0.835. The molecule has 1 saturated carbocycles. The van der Waals surface area contributed by atoms with E-state index in [1.54, 1.807) is 4.68 Å². The van der Waals surface area contributed by atoms with E-state index in [9.17, 15) is 9.90 Å². The van der Waals surface area contributed by atoms with E-state index in [0.29, 0.717) is 38.1 Å². The van der Waals surface area contributed by atoms with Crippen molar-refractivity contribution in [2.75, 3.05) is 0 Å². The first-order chi connectivity index (χ1) is 8.39. The monoisotopic (exact) mass is 253 g/mol. The largest absolute Gasteiger partial charge is 0.481 e. The summed E-state index contributed by atoms with van der Waals surface area (Å²) in [6.07, 6.45) is 2.06. The second-order valence-electron chi connectivity index (χ2n) is 5.20. The van der Waals surface area contributed by atoms with E-state index in [1.807, 2.05) is 13.8 Å². The van der Waals surface area contributed by atoms with Gasteiger partial charge in [-0.1, -0.05) is 0 Å². The minimum absolute atomic E-state index is 0.316. The normalized spacial score (nSPS) is 28.3. The molecule has 1 heterocycles. The van der Waals surface area contributed by atoms with Gasteiger partial charge in [-0.3, -0.25) is 4.79 Å². The third kappa shape index (κ3) is 2.69. The van der Waals surface area contributed by atoms with Gasteiger partial charge in [0.1, 0.15) is 11.6 Å². The van der Waals surface area contributed by atoms with Crippen LogP contribution in [0.2, 0.25) is 0 Å². The minimum Gasteiger partial charge on any atom is -0.481 e. The van der Waals surface area contributed by atoms with Crippen molar-refractivity contribution >= 4 is 5.97 Å². The molecule has 0 aliphatic heterocycles. The lowest BCUT2D eigenvalue weighted by Gasteiger charge is -2.34. The first-order valence-corrected chi connectivity index (χ1v) is 6.23. The molecule has 1 fully saturated rings. The molecule has 6 nitrogen and oxygen atoms in total. The Hall–Kier alpha value is -1.43. The summed E-state index contributed by atoms with van der Waals surface area (Å²) in [5.41, 5.74) is -0.850. The number of hydrogen-bond acceptors (Lipinski definition) is 4. The number of nitrogens with zero attached hydrogens (tertiary/aromatic N) is 3. The van der Waals surface area contributed by atoms with Crippen LogP contribution in [0.25, 0.3) is 0 Å². The van der Waals surface area contributed by atoms with Crippen LogP contribution < -0.4 is 0 Å². The SMILES string of the molecule is Cc1nc(C)n(CC2(O)CCC(C(=O)O)CC2)n1. The van der Waals surface area contributed by atoms with Crippen molar-refractivity contribution in [3.63, 3.8) is 0 Å². The minimum atomic E-state index is -0.850. The molecule has 0 atom stereocenters. The number of carbonyl (C=O) groups is 1. The number of aliphatic hydroxyl groups is 1. The predicted molar refractivity (Wildman–Crippen MR) is 64.0 cm³/mol. The Bertz CT molecular complexity index is 447. The fourth-order valence-corrected chi connectivity index (χ4v) is 2.55. The fourth-order valence-electron chi connectivity index (χ4n) is 2.55. The zero-order valence-electron chi connectivity index (χ0n) is 10.8. The Morgan fingerprint density at radius 1 is 1.44 bits per heavy atom. The van der Waals surface area contributed by atoms with E-state index in [1.165, 1.54) is 0 Å². The van der Waals surface area contributed by atoms with Gasteiger partial charge in [-0.05, 0) is 39.5 Å². The Labute approximate surface area is 106 Å². The third-order valence-electron chi connectivity index (χ3n) is 3.67. The van der Waals surface area contributed by atoms with Gasteiger partial charge in [-0.2, -0.15) is 5.10 Å². The van der Waals surface area contributed by atoms with Crippen LogP contribution >= 0.6 is 0 Å². The average Bonchev–Trinajstić information content (AvgIpc) is 2.57. The first-order valence-electron chi connectivity index (χ1n) is 6.23. The van der Waals surface area contributed by atoms with Gasteiger partial charge in [0.2, 0.25) is 0 Å². The van der Waals surface area contributed by atoms with E-state index < -0.39 is 11.6 Å². The van der Waals surface area contributed by atoms with E-state index in [2.05, 4.69) is 10.1 Å². The number of aryl methyl sites for hydroxylation is 2. The van der Waals surface area contributed by atoms with Gasteiger partial charge in [-0.15, -0.1) is 0 Å². The maximum Gasteiger partial charge on any atom is 0.306 e. The number of aliphatic carboxylic acids is 1. The van der Waals surface area contributed by atoms with Crippen molar-refractivity contribution in [3.05, 3.63) is 11.6 Å². The van der Waals surface area contributed by atoms with Crippen LogP contribution in [0, 0.1) is 19.8 Å². The molecular weight excluding hydrogens is 234 g/mol. The number of hydrogen-bond donors (Lipinski definition) is 2. The van der Waals surface area contributed by atoms with Crippen molar-refractivity contribution in [3.8, 4) is 0 Å². The summed E-state index contributed by atoms with van der Waals surface area (Å²) in [5, 5.41) is 23.6. The number of carboxylic acids is 1. The van der Waals surface area contributed by atoms with Crippen LogP contribution in [-0.2, 0) is 11.3 Å². The molecule has 1 aliphatic carbocycles. The molecule has 1 aromatic rings. The molecule has 0 spiro atoms. The van der Waals surface area contributed by atoms with Crippen LogP contribution in [0.4, 0.5) is 0 Å². The summed E-state index contributed by atoms with van der Waals surface area (Å²) in [7, 11) is 0. The Morgan fingerprint density at radius 2 is 2.06 bits per heavy atom. The average molecular weight is 253 g/mol. The predicted octanol–water partition coefficient (Wildman–Crippen LogP) is 0.901. The molecule has 100 valence electrons. The van der Waals surface area contributed by atoms with E-state index in [4.69, 9.17) is 5.11 Å². The topological polar surface area (TPSA) is 88.2 Å². The van der Waals surface area contributed by atoms with Gasteiger partial charge in [0, 0.05) is 0 Å². The Kier molecular flexibility index (Phi) is 3.38. The lowest BCUT2D eigenvalue weighted by atomic mass is 9.79. The highest BCUT2D eigenvalue weighted by atomic mass is 16.4. The van der Waals surface area contributed by atoms with Crippen molar-refractivity contribution in [1.29, 1.82) is 0 Å². The highest BCUT2D eigenvalue weighted by Gasteiger charge is 2.36. The standard InChI is InChI=1S/C12H19N3O3/c1-8-13-9(2)15(14-8)7-12(18)5-3-10(4-6-12)11(16)17/h10,18H,3-7H2,1-2H3,(H,16,17). The molecule has 0 saturated heterocycles. The zero-order valence-corrected chi connectivity index (χ0v) is 10.8. The van der Waals surface area contributed by atoms with Crippen molar-refractivity contribution in [1.82, 2.24) is 14.8 Å². The summed E-state index contributed by atoms with van der Waals surface area (Å²) in [4.78, 5) is 15.1. The van der Waals surface area contributed by atoms with Gasteiger partial charge >= 0.3 is 5.97 Å². The van der Waals surface area contributed by atoms with Crippen molar-refractivity contribution in [2.45, 2.75) is 51.7 Å². The molecule has 1 aliphatic rings. The van der Waals surface area contributed by atoms with Crippen LogP contribution in [0.1, 0.15) is 37.3 Å². The number of rotatable bonds is 3. The summed E-state index contributed by atoms with van der Waals surface area (Å²) in [5.74, 6) is 0.394. The second-order valence-corrected chi connectivity index (χ2v) is 5.20. The molecule has 2 N–H and O–H groups in total. The van der Waals surface area contributed by atoms with Gasteiger partial charge in [0.15, 0.2) is 0 Å². The lowest BCUT2D eigenvalue weighted by Crippen LogP contribution is -2.40. The fraction of sp³-hybridized carbons (Fsp3) is 0.750. The summed E-state index contributed by atoms with van der Waals surface area (Å²) >= 11 is 0.